The van der Waals surface area contributed by atoms with E-state index in [4.69, 9.17) is 22.3 Å². The van der Waals surface area contributed by atoms with E-state index in [2.05, 4.69) is 4.98 Å². The summed E-state index contributed by atoms with van der Waals surface area (Å²) < 4.78 is 47.0. The Morgan fingerprint density at radius 2 is 2.00 bits per heavy atom. The van der Waals surface area contributed by atoms with Crippen LogP contribution in [-0.2, 0) is 9.05 Å². The molecule has 0 saturated carbocycles. The minimum absolute atomic E-state index is 0.510. The van der Waals surface area contributed by atoms with Gasteiger partial charge in [-0.3, -0.25) is 10.1 Å². The van der Waals surface area contributed by atoms with Crippen LogP contribution in [0.1, 0.15) is 12.0 Å². The molecule has 1 aromatic heterocycles. The molecule has 0 bridgehead atoms. The van der Waals surface area contributed by atoms with Crippen molar-refractivity contribution in [3.63, 3.8) is 0 Å². The summed E-state index contributed by atoms with van der Waals surface area (Å²) in [6, 6.07) is 0.510. The van der Waals surface area contributed by atoms with Gasteiger partial charge in [0.15, 0.2) is 0 Å². The van der Waals surface area contributed by atoms with E-state index < -0.39 is 41.8 Å². The van der Waals surface area contributed by atoms with Gasteiger partial charge in [-0.05, 0) is 6.07 Å². The van der Waals surface area contributed by atoms with Crippen molar-refractivity contribution in [2.45, 2.75) is 11.5 Å². The summed E-state index contributed by atoms with van der Waals surface area (Å²) in [7, 11) is 0.203. The highest BCUT2D eigenvalue weighted by Crippen LogP contribution is 2.36. The van der Waals surface area contributed by atoms with Crippen molar-refractivity contribution in [1.82, 2.24) is 4.98 Å². The van der Waals surface area contributed by atoms with Gasteiger partial charge in [-0.1, -0.05) is 11.6 Å². The van der Waals surface area contributed by atoms with Crippen molar-refractivity contribution in [2.24, 2.45) is 0 Å². The number of hydrogen-bond donors (Lipinski definition) is 0. The van der Waals surface area contributed by atoms with E-state index in [9.17, 15) is 27.3 Å². The van der Waals surface area contributed by atoms with Gasteiger partial charge in [-0.15, -0.1) is 0 Å². The molecule has 0 unspecified atom stereocenters. The van der Waals surface area contributed by atoms with Gasteiger partial charge >= 0.3 is 5.69 Å². The second-order valence-corrected chi connectivity index (χ2v) is 5.55. The third kappa shape index (κ3) is 2.99. The number of alkyl halides is 2. The Bertz CT molecular complexity index is 578. The molecule has 0 atom stereocenters. The van der Waals surface area contributed by atoms with Gasteiger partial charge < -0.3 is 0 Å². The molecule has 0 saturated heterocycles. The van der Waals surface area contributed by atoms with Gasteiger partial charge in [0.2, 0.25) is 0 Å². The molecule has 0 aliphatic rings. The maximum absolute atomic E-state index is 12.5. The molecule has 1 rings (SSSR count). The monoisotopic (exact) mass is 306 g/mol. The molecule has 0 N–H and O–H groups in total. The van der Waals surface area contributed by atoms with Crippen LogP contribution in [0.4, 0.5) is 14.5 Å². The second-order valence-electron chi connectivity index (χ2n) is 2.68. The van der Waals surface area contributed by atoms with Gasteiger partial charge in [-0.2, -0.15) is 0 Å². The SMILES string of the molecule is O=[N+]([O-])c1c(C(F)F)cc(Cl)nc1S(=O)(=O)Cl. The number of rotatable bonds is 3. The van der Waals surface area contributed by atoms with Crippen LogP contribution in [0.15, 0.2) is 11.1 Å². The highest BCUT2D eigenvalue weighted by molar-refractivity contribution is 8.13. The van der Waals surface area contributed by atoms with Crippen molar-refractivity contribution >= 4 is 37.0 Å². The van der Waals surface area contributed by atoms with E-state index in [0.717, 1.165) is 0 Å². The second kappa shape index (κ2) is 4.67. The Morgan fingerprint density at radius 1 is 1.47 bits per heavy atom. The molecule has 0 aliphatic carbocycles. The van der Waals surface area contributed by atoms with Crippen LogP contribution in [0, 0.1) is 10.1 Å². The zero-order chi connectivity index (χ0) is 13.4. The van der Waals surface area contributed by atoms with Gasteiger partial charge in [0.25, 0.3) is 20.5 Å². The number of nitrogens with zero attached hydrogens (tertiary/aromatic N) is 2. The lowest BCUT2D eigenvalue weighted by Gasteiger charge is -2.05. The van der Waals surface area contributed by atoms with Crippen molar-refractivity contribution in [2.75, 3.05) is 0 Å². The average Bonchev–Trinajstić information content (AvgIpc) is 2.14. The molecule has 0 spiro atoms. The number of pyridine rings is 1. The standard InChI is InChI=1S/C6H2Cl2F2N2O4S/c7-3-1-2(5(9)10)4(12(13)14)6(11-3)17(8,15)16/h1,5H. The molecular formula is C6H2Cl2F2N2O4S. The van der Waals surface area contributed by atoms with Crippen molar-refractivity contribution < 1.29 is 22.1 Å². The topological polar surface area (TPSA) is 90.2 Å². The minimum atomic E-state index is -4.66. The number of hydrogen-bond acceptors (Lipinski definition) is 5. The maximum Gasteiger partial charge on any atom is 0.316 e. The largest absolute Gasteiger partial charge is 0.316 e. The van der Waals surface area contributed by atoms with Crippen molar-refractivity contribution in [3.8, 4) is 0 Å². The fourth-order valence-corrected chi connectivity index (χ4v) is 2.23. The van der Waals surface area contributed by atoms with Gasteiger partial charge in [-0.25, -0.2) is 22.2 Å². The van der Waals surface area contributed by atoms with Crippen LogP contribution in [0.25, 0.3) is 0 Å². The van der Waals surface area contributed by atoms with Crippen molar-refractivity contribution in [1.29, 1.82) is 0 Å². The Kier molecular flexibility index (Phi) is 3.84. The van der Waals surface area contributed by atoms with Gasteiger partial charge in [0.05, 0.1) is 4.92 Å². The summed E-state index contributed by atoms with van der Waals surface area (Å²) in [6.45, 7) is 0. The van der Waals surface area contributed by atoms with E-state index in [0.29, 0.717) is 6.07 Å². The van der Waals surface area contributed by atoms with Gasteiger partial charge in [0, 0.05) is 10.7 Å². The molecule has 1 aromatic rings. The Balaban J connectivity index is 3.77. The Labute approximate surface area is 103 Å². The predicted octanol–water partition coefficient (Wildman–Crippen LogP) is 2.51. The summed E-state index contributed by atoms with van der Waals surface area (Å²) in [5.41, 5.74) is -2.53. The maximum atomic E-state index is 12.5. The molecule has 1 heterocycles. The van der Waals surface area contributed by atoms with E-state index >= 15 is 0 Å². The lowest BCUT2D eigenvalue weighted by Crippen LogP contribution is -2.06. The van der Waals surface area contributed by atoms with E-state index in [1.165, 1.54) is 0 Å². The third-order valence-corrected chi connectivity index (χ3v) is 2.99. The molecule has 0 aliphatic heterocycles. The van der Waals surface area contributed by atoms with E-state index in [1.807, 2.05) is 0 Å². The highest BCUT2D eigenvalue weighted by Gasteiger charge is 2.34. The van der Waals surface area contributed by atoms with E-state index in [-0.39, 0.29) is 0 Å². The Morgan fingerprint density at radius 3 is 2.35 bits per heavy atom. The first-order valence-electron chi connectivity index (χ1n) is 3.72. The van der Waals surface area contributed by atoms with Crippen LogP contribution in [0.2, 0.25) is 5.15 Å². The average molecular weight is 307 g/mol. The molecule has 0 radical (unpaired) electrons. The molecule has 0 amide bonds. The Hall–Kier alpha value is -1.06. The van der Waals surface area contributed by atoms with Crippen LogP contribution in [0.3, 0.4) is 0 Å². The molecule has 6 nitrogen and oxygen atoms in total. The first-order valence-corrected chi connectivity index (χ1v) is 6.41. The molecule has 94 valence electrons. The van der Waals surface area contributed by atoms with Crippen LogP contribution in [0.5, 0.6) is 0 Å². The molecular weight excluding hydrogens is 305 g/mol. The van der Waals surface area contributed by atoms with Crippen molar-refractivity contribution in [3.05, 3.63) is 26.9 Å². The summed E-state index contributed by atoms with van der Waals surface area (Å²) in [5, 5.41) is 8.64. The molecule has 0 fully saturated rings. The van der Waals surface area contributed by atoms with Crippen LogP contribution >= 0.6 is 22.3 Å². The first-order chi connectivity index (χ1) is 7.64. The third-order valence-electron chi connectivity index (χ3n) is 1.61. The molecule has 17 heavy (non-hydrogen) atoms. The lowest BCUT2D eigenvalue weighted by atomic mass is 10.2. The smallest absolute Gasteiger partial charge is 0.258 e. The summed E-state index contributed by atoms with van der Waals surface area (Å²) in [6.07, 6.45) is -3.28. The number of nitro groups is 1. The normalized spacial score (nSPS) is 11.8. The van der Waals surface area contributed by atoms with E-state index in [1.54, 1.807) is 0 Å². The summed E-state index contributed by atoms with van der Waals surface area (Å²) >= 11 is 5.29. The zero-order valence-corrected chi connectivity index (χ0v) is 9.93. The minimum Gasteiger partial charge on any atom is -0.258 e. The lowest BCUT2D eigenvalue weighted by molar-refractivity contribution is -0.389. The number of halogens is 4. The first kappa shape index (κ1) is 14.0. The summed E-state index contributed by atoms with van der Waals surface area (Å²) in [4.78, 5) is 12.3. The quantitative estimate of drug-likeness (QED) is 0.370. The highest BCUT2D eigenvalue weighted by atomic mass is 35.7. The summed E-state index contributed by atoms with van der Waals surface area (Å²) in [5.74, 6) is 0. The number of aromatic nitrogens is 1. The fourth-order valence-electron chi connectivity index (χ4n) is 1.02. The van der Waals surface area contributed by atoms with Crippen LogP contribution in [-0.4, -0.2) is 18.3 Å². The molecule has 11 heteroatoms. The predicted molar refractivity (Wildman–Crippen MR) is 53.9 cm³/mol. The zero-order valence-electron chi connectivity index (χ0n) is 7.60. The van der Waals surface area contributed by atoms with Gasteiger partial charge in [0.1, 0.15) is 10.7 Å². The molecule has 0 aromatic carbocycles. The fraction of sp³-hybridized carbons (Fsp3) is 0.167. The van der Waals surface area contributed by atoms with Crippen LogP contribution < -0.4 is 0 Å².